The minimum atomic E-state index is -3.57. The van der Waals surface area contributed by atoms with Gasteiger partial charge >= 0.3 is 0 Å². The molecule has 0 aliphatic heterocycles. The minimum Gasteiger partial charge on any atom is -0.411 e. The van der Waals surface area contributed by atoms with E-state index in [1.54, 1.807) is 24.3 Å². The fourth-order valence-corrected chi connectivity index (χ4v) is 5.29. The highest BCUT2D eigenvalue weighted by Gasteiger charge is 2.22. The number of benzene rings is 2. The standard InChI is InChI=1S/C22H22N4O4S2/c1-3-26(4-2)32(27,28)19-12-8-11-17(13-19)21-23-24-22(29-21)31-15-18-14-20(30-25-18)16-9-6-5-7-10-16/h5-14H,3-4,15H2,1-2H3. The third-order valence-electron chi connectivity index (χ3n) is 4.79. The second-order valence-corrected chi connectivity index (χ2v) is 9.69. The molecule has 32 heavy (non-hydrogen) atoms. The Bertz CT molecular complexity index is 1280. The number of nitrogens with zero attached hydrogens (tertiary/aromatic N) is 4. The van der Waals surface area contributed by atoms with Crippen molar-refractivity contribution in [3.8, 4) is 22.8 Å². The molecule has 8 nitrogen and oxygen atoms in total. The molecule has 2 heterocycles. The van der Waals surface area contributed by atoms with E-state index < -0.39 is 10.0 Å². The van der Waals surface area contributed by atoms with Crippen LogP contribution in [0.25, 0.3) is 22.8 Å². The minimum absolute atomic E-state index is 0.196. The zero-order valence-corrected chi connectivity index (χ0v) is 19.3. The van der Waals surface area contributed by atoms with Gasteiger partial charge in [0.1, 0.15) is 0 Å². The Balaban J connectivity index is 1.46. The predicted octanol–water partition coefficient (Wildman–Crippen LogP) is 4.71. The molecule has 0 N–H and O–H groups in total. The van der Waals surface area contributed by atoms with Crippen molar-refractivity contribution in [2.75, 3.05) is 13.1 Å². The van der Waals surface area contributed by atoms with E-state index in [1.165, 1.54) is 16.1 Å². The molecule has 0 bridgehead atoms. The van der Waals surface area contributed by atoms with Crippen molar-refractivity contribution >= 4 is 21.8 Å². The van der Waals surface area contributed by atoms with Crippen molar-refractivity contribution in [3.63, 3.8) is 0 Å². The summed E-state index contributed by atoms with van der Waals surface area (Å²) >= 11 is 1.33. The van der Waals surface area contributed by atoms with E-state index in [1.807, 2.05) is 50.2 Å². The summed E-state index contributed by atoms with van der Waals surface area (Å²) < 4.78 is 38.1. The van der Waals surface area contributed by atoms with Crippen LogP contribution >= 0.6 is 11.8 Å². The third kappa shape index (κ3) is 4.77. The molecular weight excluding hydrogens is 448 g/mol. The zero-order chi connectivity index (χ0) is 22.6. The Labute approximate surface area is 190 Å². The molecule has 0 radical (unpaired) electrons. The molecule has 4 rings (SSSR count). The molecule has 0 atom stereocenters. The van der Waals surface area contributed by atoms with Gasteiger partial charge < -0.3 is 8.94 Å². The van der Waals surface area contributed by atoms with Crippen LogP contribution in [0.1, 0.15) is 19.5 Å². The molecule has 0 unspecified atom stereocenters. The van der Waals surface area contributed by atoms with Gasteiger partial charge in [-0.2, -0.15) is 4.31 Å². The predicted molar refractivity (Wildman–Crippen MR) is 121 cm³/mol. The SMILES string of the molecule is CCN(CC)S(=O)(=O)c1cccc(-c2nnc(SCc3cc(-c4ccccc4)on3)o2)c1. The third-order valence-corrected chi connectivity index (χ3v) is 7.69. The summed E-state index contributed by atoms with van der Waals surface area (Å²) in [5.41, 5.74) is 2.25. The lowest BCUT2D eigenvalue weighted by molar-refractivity contribution is 0.426. The first-order chi connectivity index (χ1) is 15.5. The highest BCUT2D eigenvalue weighted by Crippen LogP contribution is 2.28. The molecule has 10 heteroatoms. The second-order valence-electron chi connectivity index (χ2n) is 6.83. The van der Waals surface area contributed by atoms with Gasteiger partial charge in [-0.05, 0) is 18.2 Å². The molecular formula is C22H22N4O4S2. The van der Waals surface area contributed by atoms with Gasteiger partial charge in [0.2, 0.25) is 15.9 Å². The Kier molecular flexibility index (Phi) is 6.73. The van der Waals surface area contributed by atoms with Gasteiger partial charge in [-0.15, -0.1) is 10.2 Å². The molecule has 0 saturated heterocycles. The van der Waals surface area contributed by atoms with Crippen molar-refractivity contribution in [2.45, 2.75) is 29.7 Å². The van der Waals surface area contributed by atoms with E-state index in [-0.39, 0.29) is 10.8 Å². The summed E-state index contributed by atoms with van der Waals surface area (Å²) in [6, 6.07) is 18.1. The summed E-state index contributed by atoms with van der Waals surface area (Å²) in [5.74, 6) is 1.45. The van der Waals surface area contributed by atoms with Gasteiger partial charge in [-0.3, -0.25) is 0 Å². The fourth-order valence-electron chi connectivity index (χ4n) is 3.14. The summed E-state index contributed by atoms with van der Waals surface area (Å²) in [7, 11) is -3.57. The van der Waals surface area contributed by atoms with Crippen LogP contribution in [-0.2, 0) is 15.8 Å². The van der Waals surface area contributed by atoms with E-state index in [0.29, 0.717) is 35.4 Å². The largest absolute Gasteiger partial charge is 0.411 e. The van der Waals surface area contributed by atoms with Crippen LogP contribution < -0.4 is 0 Å². The zero-order valence-electron chi connectivity index (χ0n) is 17.6. The highest BCUT2D eigenvalue weighted by atomic mass is 32.2. The maximum absolute atomic E-state index is 12.8. The molecule has 0 aliphatic rings. The van der Waals surface area contributed by atoms with Gasteiger partial charge in [0.15, 0.2) is 5.76 Å². The first-order valence-electron chi connectivity index (χ1n) is 10.1. The quantitative estimate of drug-likeness (QED) is 0.324. The normalized spacial score (nSPS) is 11.8. The lowest BCUT2D eigenvalue weighted by Crippen LogP contribution is -2.30. The number of sulfonamides is 1. The van der Waals surface area contributed by atoms with Gasteiger partial charge in [0, 0.05) is 36.0 Å². The van der Waals surface area contributed by atoms with E-state index in [9.17, 15) is 8.42 Å². The molecule has 4 aromatic rings. The lowest BCUT2D eigenvalue weighted by atomic mass is 10.2. The number of hydrogen-bond acceptors (Lipinski definition) is 8. The summed E-state index contributed by atoms with van der Waals surface area (Å²) in [6.07, 6.45) is 0. The van der Waals surface area contributed by atoms with Crippen LogP contribution in [-0.4, -0.2) is 41.2 Å². The van der Waals surface area contributed by atoms with E-state index in [2.05, 4.69) is 15.4 Å². The highest BCUT2D eigenvalue weighted by molar-refractivity contribution is 7.98. The summed E-state index contributed by atoms with van der Waals surface area (Å²) in [5, 5.41) is 12.6. The van der Waals surface area contributed by atoms with E-state index in [0.717, 1.165) is 11.3 Å². The maximum atomic E-state index is 12.8. The molecule has 0 spiro atoms. The van der Waals surface area contributed by atoms with Crippen LogP contribution in [0, 0.1) is 0 Å². The molecule has 2 aromatic heterocycles. The van der Waals surface area contributed by atoms with Crippen molar-refractivity contribution in [3.05, 3.63) is 66.4 Å². The number of aromatic nitrogens is 3. The number of rotatable bonds is 9. The fraction of sp³-hybridized carbons (Fsp3) is 0.227. The van der Waals surface area contributed by atoms with Crippen LogP contribution in [0.4, 0.5) is 0 Å². The molecule has 0 aliphatic carbocycles. The van der Waals surface area contributed by atoms with Crippen LogP contribution in [0.3, 0.4) is 0 Å². The Morgan fingerprint density at radius 1 is 0.938 bits per heavy atom. The van der Waals surface area contributed by atoms with Gasteiger partial charge in [0.05, 0.1) is 10.6 Å². The molecule has 2 aromatic carbocycles. The first-order valence-corrected chi connectivity index (χ1v) is 12.5. The topological polar surface area (TPSA) is 102 Å². The average Bonchev–Trinajstić information content (AvgIpc) is 3.49. The summed E-state index contributed by atoms with van der Waals surface area (Å²) in [6.45, 7) is 4.42. The monoisotopic (exact) mass is 470 g/mol. The Morgan fingerprint density at radius 2 is 1.69 bits per heavy atom. The second kappa shape index (κ2) is 9.68. The van der Waals surface area contributed by atoms with Gasteiger partial charge in [0.25, 0.3) is 5.22 Å². The Hall–Kier alpha value is -2.95. The van der Waals surface area contributed by atoms with Crippen molar-refractivity contribution in [2.24, 2.45) is 0 Å². The van der Waals surface area contributed by atoms with E-state index in [4.69, 9.17) is 8.94 Å². The van der Waals surface area contributed by atoms with Crippen LogP contribution in [0.5, 0.6) is 0 Å². The van der Waals surface area contributed by atoms with Gasteiger partial charge in [-0.25, -0.2) is 8.42 Å². The van der Waals surface area contributed by atoms with Crippen molar-refractivity contribution < 1.29 is 17.4 Å². The van der Waals surface area contributed by atoms with Crippen LogP contribution in [0.2, 0.25) is 0 Å². The molecule has 0 amide bonds. The smallest absolute Gasteiger partial charge is 0.277 e. The van der Waals surface area contributed by atoms with Crippen molar-refractivity contribution in [1.29, 1.82) is 0 Å². The molecule has 0 fully saturated rings. The number of thioether (sulfide) groups is 1. The maximum Gasteiger partial charge on any atom is 0.277 e. The Morgan fingerprint density at radius 3 is 2.44 bits per heavy atom. The summed E-state index contributed by atoms with van der Waals surface area (Å²) in [4.78, 5) is 0.196. The number of hydrogen-bond donors (Lipinski definition) is 0. The first kappa shape index (κ1) is 22.3. The lowest BCUT2D eigenvalue weighted by Gasteiger charge is -2.18. The van der Waals surface area contributed by atoms with Gasteiger partial charge in [-0.1, -0.05) is 67.2 Å². The van der Waals surface area contributed by atoms with Crippen molar-refractivity contribution in [1.82, 2.24) is 19.7 Å². The average molecular weight is 471 g/mol. The van der Waals surface area contributed by atoms with E-state index >= 15 is 0 Å². The molecule has 166 valence electrons. The van der Waals surface area contributed by atoms with Crippen LogP contribution in [0.15, 0.2) is 79.7 Å². The molecule has 0 saturated carbocycles.